The largest absolute Gasteiger partial charge is 0.443 e. The number of oxazole rings is 1. The van der Waals surface area contributed by atoms with E-state index in [1.54, 1.807) is 13.2 Å². The molecule has 1 unspecified atom stereocenters. The van der Waals surface area contributed by atoms with Crippen LogP contribution in [0.15, 0.2) is 45.9 Å². The predicted octanol–water partition coefficient (Wildman–Crippen LogP) is 2.59. The number of aliphatic imine (C=N–C) groups is 1. The van der Waals surface area contributed by atoms with Crippen molar-refractivity contribution in [3.05, 3.63) is 53.7 Å². The van der Waals surface area contributed by atoms with Crippen molar-refractivity contribution in [1.29, 1.82) is 0 Å². The van der Waals surface area contributed by atoms with Gasteiger partial charge in [-0.2, -0.15) is 0 Å². The fraction of sp³-hybridized carbons (Fsp3) is 0.474. The number of hydrogen-bond donors (Lipinski definition) is 2. The highest BCUT2D eigenvalue weighted by Crippen LogP contribution is 2.22. The Hall–Kier alpha value is -2.15. The van der Waals surface area contributed by atoms with Crippen molar-refractivity contribution in [1.82, 2.24) is 15.6 Å². The molecule has 2 rings (SSSR count). The van der Waals surface area contributed by atoms with Crippen LogP contribution in [0, 0.1) is 0 Å². The second kappa shape index (κ2) is 9.52. The average molecular weight is 377 g/mol. The number of nitrogens with zero attached hydrogens (tertiary/aromatic N) is 2. The highest BCUT2D eigenvalue weighted by Gasteiger charge is 2.19. The Balaban J connectivity index is 1.72. The molecule has 0 spiro atoms. The third-order valence-corrected chi connectivity index (χ3v) is 5.03. The molecule has 2 aromatic rings. The molecule has 7 heteroatoms. The molecule has 0 fully saturated rings. The lowest BCUT2D eigenvalue weighted by atomic mass is 9.94. The maximum Gasteiger partial charge on any atom is 0.213 e. The molecule has 0 saturated carbocycles. The Kier molecular flexibility index (Phi) is 7.38. The Labute approximate surface area is 158 Å². The SMILES string of the molecule is CN=C(NCCS(=O)Cc1ccccc1)NCc1ncc(C(C)(C)C)o1. The van der Waals surface area contributed by atoms with E-state index in [-0.39, 0.29) is 5.41 Å². The van der Waals surface area contributed by atoms with Gasteiger partial charge >= 0.3 is 0 Å². The molecule has 6 nitrogen and oxygen atoms in total. The summed E-state index contributed by atoms with van der Waals surface area (Å²) in [4.78, 5) is 8.45. The van der Waals surface area contributed by atoms with Crippen molar-refractivity contribution in [2.75, 3.05) is 19.3 Å². The zero-order chi connectivity index (χ0) is 19.0. The minimum absolute atomic E-state index is 0.0615. The first kappa shape index (κ1) is 20.2. The summed E-state index contributed by atoms with van der Waals surface area (Å²) in [5.41, 5.74) is 1.03. The molecular formula is C19H28N4O2S. The summed E-state index contributed by atoms with van der Waals surface area (Å²) in [7, 11) is 0.789. The maximum atomic E-state index is 12.1. The number of rotatable bonds is 7. The smallest absolute Gasteiger partial charge is 0.213 e. The molecule has 2 N–H and O–H groups in total. The Morgan fingerprint density at radius 1 is 1.23 bits per heavy atom. The number of benzene rings is 1. The average Bonchev–Trinajstić information content (AvgIpc) is 3.08. The van der Waals surface area contributed by atoms with Gasteiger partial charge < -0.3 is 15.1 Å². The Morgan fingerprint density at radius 2 is 1.96 bits per heavy atom. The van der Waals surface area contributed by atoms with E-state index in [2.05, 4.69) is 41.4 Å². The van der Waals surface area contributed by atoms with Crippen molar-refractivity contribution in [2.45, 2.75) is 38.5 Å². The number of aromatic nitrogens is 1. The van der Waals surface area contributed by atoms with E-state index < -0.39 is 10.8 Å². The van der Waals surface area contributed by atoms with E-state index >= 15 is 0 Å². The normalized spacial score (nSPS) is 13.5. The Bertz CT molecular complexity index is 735. The van der Waals surface area contributed by atoms with Gasteiger partial charge in [0, 0.05) is 41.3 Å². The van der Waals surface area contributed by atoms with Gasteiger partial charge in [-0.25, -0.2) is 4.98 Å². The van der Waals surface area contributed by atoms with Gasteiger partial charge in [-0.05, 0) is 5.56 Å². The van der Waals surface area contributed by atoms with Crippen LogP contribution in [-0.2, 0) is 28.5 Å². The van der Waals surface area contributed by atoms with Crippen LogP contribution in [-0.4, -0.2) is 34.5 Å². The summed E-state index contributed by atoms with van der Waals surface area (Å²) in [5.74, 6) is 3.24. The van der Waals surface area contributed by atoms with Crippen LogP contribution in [0.5, 0.6) is 0 Å². The van der Waals surface area contributed by atoms with Gasteiger partial charge in [-0.15, -0.1) is 0 Å². The molecule has 0 aliphatic rings. The van der Waals surface area contributed by atoms with Crippen molar-refractivity contribution in [2.24, 2.45) is 4.99 Å². The van der Waals surface area contributed by atoms with Crippen LogP contribution < -0.4 is 10.6 Å². The summed E-state index contributed by atoms with van der Waals surface area (Å²) >= 11 is 0. The van der Waals surface area contributed by atoms with Crippen LogP contribution in [0.4, 0.5) is 0 Å². The zero-order valence-corrected chi connectivity index (χ0v) is 16.7. The summed E-state index contributed by atoms with van der Waals surface area (Å²) in [6, 6.07) is 9.87. The molecule has 26 heavy (non-hydrogen) atoms. The van der Waals surface area contributed by atoms with Crippen LogP contribution in [0.25, 0.3) is 0 Å². The molecule has 1 atom stereocenters. The molecule has 0 aliphatic carbocycles. The van der Waals surface area contributed by atoms with Crippen molar-refractivity contribution in [3.63, 3.8) is 0 Å². The standard InChI is InChI=1S/C19H28N4O2S/c1-19(2,3)16-12-22-17(25-16)13-23-18(20-4)21-10-11-26(24)14-15-8-6-5-7-9-15/h5-9,12H,10-11,13-14H2,1-4H3,(H2,20,21,23). The molecule has 0 saturated heterocycles. The summed E-state index contributed by atoms with van der Waals surface area (Å²) in [5, 5.41) is 6.33. The fourth-order valence-corrected chi connectivity index (χ4v) is 3.27. The quantitative estimate of drug-likeness (QED) is 0.573. The molecule has 1 aromatic heterocycles. The maximum absolute atomic E-state index is 12.1. The van der Waals surface area contributed by atoms with Gasteiger partial charge in [0.05, 0.1) is 12.7 Å². The van der Waals surface area contributed by atoms with Crippen LogP contribution >= 0.6 is 0 Å². The zero-order valence-electron chi connectivity index (χ0n) is 15.9. The van der Waals surface area contributed by atoms with Crippen molar-refractivity contribution >= 4 is 16.8 Å². The van der Waals surface area contributed by atoms with Gasteiger partial charge in [-0.1, -0.05) is 51.1 Å². The molecule has 1 heterocycles. The molecule has 0 radical (unpaired) electrons. The van der Waals surface area contributed by atoms with E-state index in [9.17, 15) is 4.21 Å². The first-order valence-corrected chi connectivity index (χ1v) is 10.2. The number of guanidine groups is 1. The Morgan fingerprint density at radius 3 is 2.58 bits per heavy atom. The van der Waals surface area contributed by atoms with Crippen molar-refractivity contribution in [3.8, 4) is 0 Å². The third kappa shape index (κ3) is 6.63. The van der Waals surface area contributed by atoms with Gasteiger partial charge in [0.1, 0.15) is 5.76 Å². The minimum Gasteiger partial charge on any atom is -0.443 e. The van der Waals surface area contributed by atoms with E-state index in [0.29, 0.717) is 36.4 Å². The first-order chi connectivity index (χ1) is 12.4. The fourth-order valence-electron chi connectivity index (χ4n) is 2.23. The molecule has 1 aromatic carbocycles. The van der Waals surface area contributed by atoms with Crippen molar-refractivity contribution < 1.29 is 8.63 Å². The summed E-state index contributed by atoms with van der Waals surface area (Å²) < 4.78 is 17.9. The van der Waals surface area contributed by atoms with Crippen LogP contribution in [0.1, 0.15) is 38.0 Å². The monoisotopic (exact) mass is 376 g/mol. The first-order valence-electron chi connectivity index (χ1n) is 8.67. The minimum atomic E-state index is -0.912. The van der Waals surface area contributed by atoms with E-state index in [4.69, 9.17) is 4.42 Å². The van der Waals surface area contributed by atoms with Gasteiger partial charge in [0.2, 0.25) is 5.89 Å². The molecule has 142 valence electrons. The predicted molar refractivity (Wildman–Crippen MR) is 107 cm³/mol. The van der Waals surface area contributed by atoms with E-state index in [1.165, 1.54) is 0 Å². The molecule has 0 aliphatic heterocycles. The lowest BCUT2D eigenvalue weighted by molar-refractivity contribution is 0.379. The number of hydrogen-bond acceptors (Lipinski definition) is 4. The third-order valence-electron chi connectivity index (χ3n) is 3.72. The summed E-state index contributed by atoms with van der Waals surface area (Å²) in [6.45, 7) is 7.28. The second-order valence-electron chi connectivity index (χ2n) is 6.99. The van der Waals surface area contributed by atoms with Gasteiger partial charge in [0.25, 0.3) is 0 Å². The highest BCUT2D eigenvalue weighted by atomic mass is 32.2. The van der Waals surface area contributed by atoms with E-state index in [1.807, 2.05) is 30.3 Å². The van der Waals surface area contributed by atoms with Gasteiger partial charge in [-0.3, -0.25) is 9.20 Å². The lowest BCUT2D eigenvalue weighted by Gasteiger charge is -2.13. The number of nitrogens with one attached hydrogen (secondary N) is 2. The van der Waals surface area contributed by atoms with Crippen LogP contribution in [0.2, 0.25) is 0 Å². The van der Waals surface area contributed by atoms with Crippen LogP contribution in [0.3, 0.4) is 0 Å². The highest BCUT2D eigenvalue weighted by molar-refractivity contribution is 7.84. The lowest BCUT2D eigenvalue weighted by Crippen LogP contribution is -2.38. The van der Waals surface area contributed by atoms with Gasteiger partial charge in [0.15, 0.2) is 5.96 Å². The molecule has 0 amide bonds. The molecule has 0 bridgehead atoms. The molecular weight excluding hydrogens is 348 g/mol. The second-order valence-corrected chi connectivity index (χ2v) is 8.57. The topological polar surface area (TPSA) is 79.5 Å². The van der Waals surface area contributed by atoms with E-state index in [0.717, 1.165) is 11.3 Å². The summed E-state index contributed by atoms with van der Waals surface area (Å²) in [6.07, 6.45) is 1.76.